The molecule has 0 aliphatic rings. The monoisotopic (exact) mass is 187 g/mol. The largest absolute Gasteiger partial charge is 0.245 e. The van der Waals surface area contributed by atoms with Crippen LogP contribution >= 0.6 is 0 Å². The summed E-state index contributed by atoms with van der Waals surface area (Å²) in [4.78, 5) is 0. The second kappa shape index (κ2) is 9.96. The van der Waals surface area contributed by atoms with Crippen LogP contribution in [0.1, 0.15) is 45.4 Å². The van der Waals surface area contributed by atoms with E-state index in [9.17, 15) is 0 Å². The second-order valence-electron chi connectivity index (χ2n) is 3.37. The molecule has 0 fully saturated rings. The van der Waals surface area contributed by atoms with Gasteiger partial charge in [0.05, 0.1) is 0 Å². The van der Waals surface area contributed by atoms with Gasteiger partial charge in [-0.15, -0.1) is 0 Å². The molecule has 3 nitrogen and oxygen atoms in total. The van der Waals surface area contributed by atoms with E-state index in [0.29, 0.717) is 0 Å². The molecule has 0 spiro atoms. The van der Waals surface area contributed by atoms with Crippen molar-refractivity contribution in [2.45, 2.75) is 45.4 Å². The van der Waals surface area contributed by atoms with E-state index in [4.69, 9.17) is 0 Å². The molecule has 0 saturated carbocycles. The number of unbranched alkanes of at least 4 members (excludes halogenated alkanes) is 5. The number of rotatable bonds is 9. The molecule has 0 heterocycles. The van der Waals surface area contributed by atoms with Crippen LogP contribution in [0.2, 0.25) is 0 Å². The van der Waals surface area contributed by atoms with Gasteiger partial charge in [0.2, 0.25) is 0 Å². The van der Waals surface area contributed by atoms with Crippen molar-refractivity contribution in [1.29, 1.82) is 0 Å². The maximum atomic E-state index is 3.08. The summed E-state index contributed by atoms with van der Waals surface area (Å²) in [5.74, 6) is 0. The molecule has 0 atom stereocenters. The molecule has 13 heavy (non-hydrogen) atoms. The predicted octanol–water partition coefficient (Wildman–Crippen LogP) is 1.92. The van der Waals surface area contributed by atoms with E-state index in [1.54, 1.807) is 0 Å². The van der Waals surface area contributed by atoms with Crippen molar-refractivity contribution in [3.05, 3.63) is 0 Å². The molecule has 0 aliphatic carbocycles. The Hall–Kier alpha value is -0.120. The molecule has 0 aromatic heterocycles. The average molecular weight is 187 g/mol. The van der Waals surface area contributed by atoms with Gasteiger partial charge in [0.15, 0.2) is 0 Å². The Kier molecular flexibility index (Phi) is 9.87. The molecular formula is C10H25N3. The Morgan fingerprint density at radius 3 is 1.92 bits per heavy atom. The molecular weight excluding hydrogens is 162 g/mol. The minimum atomic E-state index is 1.08. The average Bonchev–Trinajstić information content (AvgIpc) is 2.17. The molecule has 0 bridgehead atoms. The van der Waals surface area contributed by atoms with Crippen LogP contribution in [-0.4, -0.2) is 25.8 Å². The molecule has 0 saturated heterocycles. The van der Waals surface area contributed by atoms with E-state index in [-0.39, 0.29) is 0 Å². The lowest BCUT2D eigenvalue weighted by atomic mass is 10.1. The summed E-state index contributed by atoms with van der Waals surface area (Å²) in [6, 6.07) is 0. The first kappa shape index (κ1) is 12.9. The van der Waals surface area contributed by atoms with Gasteiger partial charge in [0.25, 0.3) is 0 Å². The maximum Gasteiger partial charge on any atom is 0.0288 e. The summed E-state index contributed by atoms with van der Waals surface area (Å²) in [5.41, 5.74) is 6.15. The van der Waals surface area contributed by atoms with Crippen molar-refractivity contribution >= 4 is 0 Å². The quantitative estimate of drug-likeness (QED) is 0.426. The van der Waals surface area contributed by atoms with Gasteiger partial charge >= 0.3 is 0 Å². The van der Waals surface area contributed by atoms with Crippen molar-refractivity contribution in [3.8, 4) is 0 Å². The minimum Gasteiger partial charge on any atom is -0.245 e. The van der Waals surface area contributed by atoms with E-state index in [1.165, 1.54) is 38.5 Å². The lowest BCUT2D eigenvalue weighted by Gasteiger charge is -2.18. The molecule has 80 valence electrons. The van der Waals surface area contributed by atoms with Gasteiger partial charge in [-0.3, -0.25) is 0 Å². The summed E-state index contributed by atoms with van der Waals surface area (Å²) in [5, 5.41) is 2.01. The van der Waals surface area contributed by atoms with Gasteiger partial charge in [0.1, 0.15) is 0 Å². The fraction of sp³-hybridized carbons (Fsp3) is 1.00. The number of nitrogens with one attached hydrogen (secondary N) is 2. The molecule has 0 aliphatic heterocycles. The molecule has 2 N–H and O–H groups in total. The van der Waals surface area contributed by atoms with Crippen LogP contribution in [0.5, 0.6) is 0 Å². The third-order valence-electron chi connectivity index (χ3n) is 2.28. The molecule has 0 aromatic rings. The molecule has 0 amide bonds. The lowest BCUT2D eigenvalue weighted by Crippen LogP contribution is -2.44. The summed E-state index contributed by atoms with van der Waals surface area (Å²) in [6.07, 6.45) is 8.12. The Labute approximate surface area is 82.8 Å². The minimum absolute atomic E-state index is 1.08. The number of hydrogen-bond donors (Lipinski definition) is 2. The van der Waals surface area contributed by atoms with E-state index >= 15 is 0 Å². The number of hydrogen-bond acceptors (Lipinski definition) is 3. The predicted molar refractivity (Wildman–Crippen MR) is 58.2 cm³/mol. The Bertz CT molecular complexity index is 92.2. The zero-order valence-electron chi connectivity index (χ0n) is 9.40. The first-order chi connectivity index (χ1) is 6.35. The van der Waals surface area contributed by atoms with Gasteiger partial charge in [-0.25, -0.2) is 10.9 Å². The van der Waals surface area contributed by atoms with Gasteiger partial charge in [-0.2, -0.15) is 5.12 Å². The first-order valence-corrected chi connectivity index (χ1v) is 5.47. The van der Waals surface area contributed by atoms with Gasteiger partial charge in [0, 0.05) is 20.6 Å². The third kappa shape index (κ3) is 8.22. The normalized spacial score (nSPS) is 11.1. The van der Waals surface area contributed by atoms with Crippen LogP contribution in [0, 0.1) is 0 Å². The summed E-state index contributed by atoms with van der Waals surface area (Å²) in [6.45, 7) is 3.34. The van der Waals surface area contributed by atoms with E-state index < -0.39 is 0 Å². The number of hydrazine groups is 2. The Balaban J connectivity index is 3.05. The smallest absolute Gasteiger partial charge is 0.0288 e. The van der Waals surface area contributed by atoms with Crippen LogP contribution in [0.4, 0.5) is 0 Å². The standard InChI is InChI=1S/C10H25N3/c1-4-5-6-7-8-9-10-13(11-2)12-3/h11-12H,4-10H2,1-3H3. The van der Waals surface area contributed by atoms with Crippen LogP contribution < -0.4 is 10.9 Å². The van der Waals surface area contributed by atoms with E-state index in [0.717, 1.165) is 6.54 Å². The van der Waals surface area contributed by atoms with Gasteiger partial charge in [-0.05, 0) is 6.42 Å². The zero-order valence-corrected chi connectivity index (χ0v) is 9.40. The van der Waals surface area contributed by atoms with Crippen molar-refractivity contribution in [3.63, 3.8) is 0 Å². The topological polar surface area (TPSA) is 27.3 Å². The lowest BCUT2D eigenvalue weighted by molar-refractivity contribution is 0.142. The van der Waals surface area contributed by atoms with Crippen molar-refractivity contribution in [2.75, 3.05) is 20.6 Å². The van der Waals surface area contributed by atoms with E-state index in [1.807, 2.05) is 19.2 Å². The fourth-order valence-electron chi connectivity index (χ4n) is 1.39. The van der Waals surface area contributed by atoms with Gasteiger partial charge in [-0.1, -0.05) is 39.0 Å². The van der Waals surface area contributed by atoms with Crippen molar-refractivity contribution < 1.29 is 0 Å². The highest BCUT2D eigenvalue weighted by Crippen LogP contribution is 2.04. The summed E-state index contributed by atoms with van der Waals surface area (Å²) in [7, 11) is 3.88. The molecule has 3 heteroatoms. The molecule has 0 radical (unpaired) electrons. The zero-order chi connectivity index (χ0) is 9.94. The highest BCUT2D eigenvalue weighted by atomic mass is 15.7. The van der Waals surface area contributed by atoms with Crippen molar-refractivity contribution in [1.82, 2.24) is 16.0 Å². The third-order valence-corrected chi connectivity index (χ3v) is 2.28. The van der Waals surface area contributed by atoms with Crippen LogP contribution in [0.25, 0.3) is 0 Å². The maximum absolute atomic E-state index is 3.08. The first-order valence-electron chi connectivity index (χ1n) is 5.47. The summed E-state index contributed by atoms with van der Waals surface area (Å²) >= 11 is 0. The number of nitrogens with zero attached hydrogens (tertiary/aromatic N) is 1. The van der Waals surface area contributed by atoms with Crippen molar-refractivity contribution in [2.24, 2.45) is 0 Å². The fourth-order valence-corrected chi connectivity index (χ4v) is 1.39. The molecule has 0 rings (SSSR count). The summed E-state index contributed by atoms with van der Waals surface area (Å²) < 4.78 is 0. The molecule has 0 aromatic carbocycles. The van der Waals surface area contributed by atoms with E-state index in [2.05, 4.69) is 17.8 Å². The molecule has 0 unspecified atom stereocenters. The SMILES string of the molecule is CCCCCCCCN(NC)NC. The second-order valence-corrected chi connectivity index (χ2v) is 3.37. The highest BCUT2D eigenvalue weighted by molar-refractivity contribution is 4.46. The highest BCUT2D eigenvalue weighted by Gasteiger charge is 1.96. The van der Waals surface area contributed by atoms with Crippen LogP contribution in [0.3, 0.4) is 0 Å². The van der Waals surface area contributed by atoms with Crippen LogP contribution in [-0.2, 0) is 0 Å². The van der Waals surface area contributed by atoms with Gasteiger partial charge < -0.3 is 0 Å². The Morgan fingerprint density at radius 2 is 1.38 bits per heavy atom. The van der Waals surface area contributed by atoms with Crippen LogP contribution in [0.15, 0.2) is 0 Å². The Morgan fingerprint density at radius 1 is 0.846 bits per heavy atom.